The van der Waals surface area contributed by atoms with Crippen LogP contribution in [0.15, 0.2) is 72.5 Å². The van der Waals surface area contributed by atoms with Crippen LogP contribution >= 0.6 is 11.3 Å². The number of hydrogen-bond acceptors (Lipinski definition) is 7. The molecule has 2 aromatic carbocycles. The molecule has 1 atom stereocenters. The normalized spacial score (nSPS) is 15.4. The zero-order valence-corrected chi connectivity index (χ0v) is 23.1. The maximum Gasteiger partial charge on any atom is 0.265 e. The SMILES string of the molecule is CC(C)(C)S(=O)(=O)NC(=O)c1ccccc1-c1ccc2c(c1)OC[C@H](Cc1ccc(-c3cncs3)cn1)C2. The van der Waals surface area contributed by atoms with Gasteiger partial charge in [-0.3, -0.25) is 14.8 Å². The molecule has 1 amide bonds. The van der Waals surface area contributed by atoms with Gasteiger partial charge in [-0.25, -0.2) is 13.1 Å². The van der Waals surface area contributed by atoms with Crippen LogP contribution in [0.1, 0.15) is 42.4 Å². The number of ether oxygens (including phenoxy) is 1. The van der Waals surface area contributed by atoms with Crippen molar-refractivity contribution in [1.29, 1.82) is 0 Å². The number of fused-ring (bicyclic) bond motifs is 1. The van der Waals surface area contributed by atoms with E-state index in [4.69, 9.17) is 4.74 Å². The zero-order chi connectivity index (χ0) is 26.9. The van der Waals surface area contributed by atoms with Crippen molar-refractivity contribution in [2.75, 3.05) is 6.61 Å². The first-order valence-electron chi connectivity index (χ1n) is 12.4. The number of amides is 1. The average Bonchev–Trinajstić information content (AvgIpc) is 3.43. The second-order valence-corrected chi connectivity index (χ2v) is 13.7. The van der Waals surface area contributed by atoms with Crippen LogP contribution in [0, 0.1) is 5.92 Å². The fourth-order valence-corrected chi connectivity index (χ4v) is 5.62. The molecule has 0 spiro atoms. The number of nitrogens with zero attached hydrogens (tertiary/aromatic N) is 2. The molecule has 7 nitrogen and oxygen atoms in total. The Bertz CT molecular complexity index is 1560. The highest BCUT2D eigenvalue weighted by molar-refractivity contribution is 7.91. The number of benzene rings is 2. The maximum absolute atomic E-state index is 13.0. The Labute approximate surface area is 227 Å². The van der Waals surface area contributed by atoms with Gasteiger partial charge in [0, 0.05) is 35.1 Å². The van der Waals surface area contributed by atoms with Gasteiger partial charge in [0.2, 0.25) is 10.0 Å². The molecule has 0 saturated carbocycles. The quantitative estimate of drug-likeness (QED) is 0.341. The van der Waals surface area contributed by atoms with Crippen LogP contribution in [-0.4, -0.2) is 35.6 Å². The van der Waals surface area contributed by atoms with E-state index in [1.165, 1.54) is 0 Å². The number of carbonyl (C=O) groups excluding carboxylic acids is 1. The minimum absolute atomic E-state index is 0.293. The minimum atomic E-state index is -3.84. The Hall–Kier alpha value is -3.56. The Kier molecular flexibility index (Phi) is 7.07. The standard InChI is InChI=1S/C29H29N3O4S2/c1-29(2,3)38(34,35)32-28(33)25-7-5-4-6-24(25)20-8-9-21-12-19(17-36-26(21)14-20)13-23-11-10-22(15-31-23)27-16-30-18-37-27/h4-11,14-16,18-19H,12-13,17H2,1-3H3,(H,32,33)/t19-/m0/s1. The van der Waals surface area contributed by atoms with Gasteiger partial charge in [-0.2, -0.15) is 0 Å². The molecule has 1 aliphatic heterocycles. The lowest BCUT2D eigenvalue weighted by Gasteiger charge is -2.26. The predicted octanol–water partition coefficient (Wildman–Crippen LogP) is 5.52. The summed E-state index contributed by atoms with van der Waals surface area (Å²) in [6.45, 7) is 5.23. The number of rotatable bonds is 6. The molecule has 0 radical (unpaired) electrons. The Balaban J connectivity index is 1.31. The smallest absolute Gasteiger partial charge is 0.265 e. The third kappa shape index (κ3) is 5.49. The molecule has 4 aromatic rings. The molecule has 196 valence electrons. The van der Waals surface area contributed by atoms with Crippen LogP contribution in [0.2, 0.25) is 0 Å². The third-order valence-electron chi connectivity index (χ3n) is 6.61. The fourth-order valence-electron chi connectivity index (χ4n) is 4.34. The minimum Gasteiger partial charge on any atom is -0.493 e. The Morgan fingerprint density at radius 2 is 1.87 bits per heavy atom. The summed E-state index contributed by atoms with van der Waals surface area (Å²) in [4.78, 5) is 22.8. The van der Waals surface area contributed by atoms with Crippen LogP contribution in [-0.2, 0) is 22.9 Å². The van der Waals surface area contributed by atoms with E-state index in [-0.39, 0.29) is 0 Å². The fraction of sp³-hybridized carbons (Fsp3) is 0.276. The second kappa shape index (κ2) is 10.3. The largest absolute Gasteiger partial charge is 0.493 e. The Morgan fingerprint density at radius 3 is 2.58 bits per heavy atom. The van der Waals surface area contributed by atoms with Crippen LogP contribution in [0.4, 0.5) is 0 Å². The van der Waals surface area contributed by atoms with E-state index in [0.29, 0.717) is 23.7 Å². The van der Waals surface area contributed by atoms with Crippen molar-refractivity contribution in [1.82, 2.24) is 14.7 Å². The summed E-state index contributed by atoms with van der Waals surface area (Å²) in [5.41, 5.74) is 6.74. The van der Waals surface area contributed by atoms with Crippen molar-refractivity contribution >= 4 is 27.3 Å². The van der Waals surface area contributed by atoms with Gasteiger partial charge in [0.1, 0.15) is 5.75 Å². The van der Waals surface area contributed by atoms with Crippen LogP contribution in [0.5, 0.6) is 5.75 Å². The molecule has 0 aliphatic carbocycles. The highest BCUT2D eigenvalue weighted by atomic mass is 32.2. The van der Waals surface area contributed by atoms with Crippen LogP contribution in [0.3, 0.4) is 0 Å². The third-order valence-corrected chi connectivity index (χ3v) is 9.49. The van der Waals surface area contributed by atoms with E-state index >= 15 is 0 Å². The first-order valence-corrected chi connectivity index (χ1v) is 14.7. The van der Waals surface area contributed by atoms with Gasteiger partial charge in [0.05, 0.1) is 21.7 Å². The maximum atomic E-state index is 13.0. The van der Waals surface area contributed by atoms with E-state index in [1.807, 2.05) is 48.2 Å². The summed E-state index contributed by atoms with van der Waals surface area (Å²) < 4.78 is 32.4. The molecular weight excluding hydrogens is 518 g/mol. The molecule has 0 fully saturated rings. The lowest BCUT2D eigenvalue weighted by molar-refractivity contribution is 0.0981. The highest BCUT2D eigenvalue weighted by Gasteiger charge is 2.31. The van der Waals surface area contributed by atoms with Crippen molar-refractivity contribution in [3.63, 3.8) is 0 Å². The molecule has 2 aromatic heterocycles. The number of carbonyl (C=O) groups is 1. The highest BCUT2D eigenvalue weighted by Crippen LogP contribution is 2.34. The molecule has 38 heavy (non-hydrogen) atoms. The van der Waals surface area contributed by atoms with Gasteiger partial charge < -0.3 is 4.74 Å². The monoisotopic (exact) mass is 547 g/mol. The summed E-state index contributed by atoms with van der Waals surface area (Å²) in [6, 6.07) is 17.1. The summed E-state index contributed by atoms with van der Waals surface area (Å²) in [5.74, 6) is 0.434. The summed E-state index contributed by atoms with van der Waals surface area (Å²) in [7, 11) is -3.84. The van der Waals surface area contributed by atoms with E-state index in [9.17, 15) is 13.2 Å². The van der Waals surface area contributed by atoms with E-state index in [0.717, 1.165) is 45.9 Å². The number of thiazole rings is 1. The number of nitrogens with one attached hydrogen (secondary N) is 1. The molecule has 5 rings (SSSR count). The topological polar surface area (TPSA) is 98.2 Å². The second-order valence-electron chi connectivity index (χ2n) is 10.4. The molecule has 3 heterocycles. The Morgan fingerprint density at radius 1 is 1.08 bits per heavy atom. The first kappa shape index (κ1) is 26.1. The van der Waals surface area contributed by atoms with Crippen LogP contribution in [0.25, 0.3) is 21.6 Å². The zero-order valence-electron chi connectivity index (χ0n) is 21.5. The van der Waals surface area contributed by atoms with Crippen molar-refractivity contribution < 1.29 is 17.9 Å². The van der Waals surface area contributed by atoms with Gasteiger partial charge in [-0.15, -0.1) is 11.3 Å². The van der Waals surface area contributed by atoms with Gasteiger partial charge in [0.15, 0.2) is 0 Å². The van der Waals surface area contributed by atoms with Gasteiger partial charge in [0.25, 0.3) is 5.91 Å². The first-order chi connectivity index (χ1) is 18.1. The van der Waals surface area contributed by atoms with E-state index in [1.54, 1.807) is 44.2 Å². The van der Waals surface area contributed by atoms with Crippen molar-refractivity contribution in [3.05, 3.63) is 89.3 Å². The van der Waals surface area contributed by atoms with E-state index in [2.05, 4.69) is 26.8 Å². The number of hydrogen-bond donors (Lipinski definition) is 1. The summed E-state index contributed by atoms with van der Waals surface area (Å²) in [5, 5.41) is 0. The van der Waals surface area contributed by atoms with Gasteiger partial charge >= 0.3 is 0 Å². The molecular formula is C29H29N3O4S2. The molecule has 0 bridgehead atoms. The van der Waals surface area contributed by atoms with Crippen molar-refractivity contribution in [2.45, 2.75) is 38.4 Å². The average molecular weight is 548 g/mol. The number of sulfonamides is 1. The van der Waals surface area contributed by atoms with Crippen LogP contribution < -0.4 is 9.46 Å². The summed E-state index contributed by atoms with van der Waals surface area (Å²) in [6.07, 6.45) is 5.42. The molecule has 1 N–H and O–H groups in total. The summed E-state index contributed by atoms with van der Waals surface area (Å²) >= 11 is 1.59. The van der Waals surface area contributed by atoms with Crippen molar-refractivity contribution in [2.24, 2.45) is 5.92 Å². The van der Waals surface area contributed by atoms with Gasteiger partial charge in [-0.05, 0) is 68.5 Å². The molecule has 0 saturated heterocycles. The number of pyridine rings is 1. The van der Waals surface area contributed by atoms with Gasteiger partial charge in [-0.1, -0.05) is 36.4 Å². The van der Waals surface area contributed by atoms with E-state index < -0.39 is 20.7 Å². The predicted molar refractivity (Wildman–Crippen MR) is 150 cm³/mol. The molecule has 1 aliphatic rings. The lowest BCUT2D eigenvalue weighted by Crippen LogP contribution is -2.42. The molecule has 9 heteroatoms. The molecule has 0 unspecified atom stereocenters. The number of aromatic nitrogens is 2. The lowest BCUT2D eigenvalue weighted by atomic mass is 9.90. The van der Waals surface area contributed by atoms with Crippen molar-refractivity contribution in [3.8, 4) is 27.3 Å².